The van der Waals surface area contributed by atoms with Crippen LogP contribution in [0.2, 0.25) is 0 Å². The Bertz CT molecular complexity index is 138. The first-order chi connectivity index (χ1) is 4.77. The molecule has 3 nitrogen and oxygen atoms in total. The maximum absolute atomic E-state index is 9.93. The molecule has 56 valence electrons. The van der Waals surface area contributed by atoms with Gasteiger partial charge in [-0.2, -0.15) is 0 Å². The molecule has 0 aromatic heterocycles. The number of rotatable bonds is 5. The molecule has 0 amide bonds. The van der Waals surface area contributed by atoms with Crippen LogP contribution in [0.1, 0.15) is 19.3 Å². The summed E-state index contributed by atoms with van der Waals surface area (Å²) in [6, 6.07) is 0. The summed E-state index contributed by atoms with van der Waals surface area (Å²) >= 11 is 0. The fourth-order valence-corrected chi connectivity index (χ4v) is 0.476. The van der Waals surface area contributed by atoms with E-state index in [9.17, 15) is 9.59 Å². The van der Waals surface area contributed by atoms with Crippen LogP contribution in [0.5, 0.6) is 0 Å². The van der Waals surface area contributed by atoms with Crippen molar-refractivity contribution in [3.63, 3.8) is 0 Å². The Balaban J connectivity index is 3.18. The highest BCUT2D eigenvalue weighted by molar-refractivity contribution is 5.66. The van der Waals surface area contributed by atoms with Crippen LogP contribution in [0.3, 0.4) is 0 Å². The van der Waals surface area contributed by atoms with Gasteiger partial charge in [-0.05, 0) is 6.42 Å². The standard InChI is InChI=1S/C7H10O3/c8-6-4-2-1-3-5-7(9)10/h1-2,6H,3-5H2,(H,9,10)/b2-1-. The first kappa shape index (κ1) is 8.88. The van der Waals surface area contributed by atoms with Crippen molar-refractivity contribution in [2.75, 3.05) is 0 Å². The zero-order valence-electron chi connectivity index (χ0n) is 5.62. The second-order valence-corrected chi connectivity index (χ2v) is 1.81. The predicted octanol–water partition coefficient (Wildman–Crippen LogP) is 0.996. The quantitative estimate of drug-likeness (QED) is 0.460. The SMILES string of the molecule is O=CC/C=C\CCC(=O)O. The fourth-order valence-electron chi connectivity index (χ4n) is 0.476. The minimum Gasteiger partial charge on any atom is -0.481 e. The molecule has 0 atom stereocenters. The molecule has 0 aromatic rings. The summed E-state index contributed by atoms with van der Waals surface area (Å²) in [5.41, 5.74) is 0. The summed E-state index contributed by atoms with van der Waals surface area (Å²) in [6.07, 6.45) is 5.15. The summed E-state index contributed by atoms with van der Waals surface area (Å²) in [7, 11) is 0. The number of carbonyl (C=O) groups excluding carboxylic acids is 1. The molecule has 0 aliphatic heterocycles. The van der Waals surface area contributed by atoms with Crippen molar-refractivity contribution in [1.82, 2.24) is 0 Å². The minimum absolute atomic E-state index is 0.134. The normalized spacial score (nSPS) is 10.0. The third kappa shape index (κ3) is 6.88. The highest BCUT2D eigenvalue weighted by atomic mass is 16.4. The third-order valence-corrected chi connectivity index (χ3v) is 0.924. The van der Waals surface area contributed by atoms with E-state index in [0.717, 1.165) is 6.29 Å². The predicted molar refractivity (Wildman–Crippen MR) is 36.7 cm³/mol. The van der Waals surface area contributed by atoms with Gasteiger partial charge in [0.15, 0.2) is 0 Å². The first-order valence-electron chi connectivity index (χ1n) is 3.08. The van der Waals surface area contributed by atoms with Crippen molar-refractivity contribution in [1.29, 1.82) is 0 Å². The molecule has 0 bridgehead atoms. The molecule has 0 rings (SSSR count). The molecular formula is C7H10O3. The first-order valence-corrected chi connectivity index (χ1v) is 3.08. The number of aliphatic carboxylic acids is 1. The van der Waals surface area contributed by atoms with E-state index in [-0.39, 0.29) is 6.42 Å². The summed E-state index contributed by atoms with van der Waals surface area (Å²) in [4.78, 5) is 19.7. The van der Waals surface area contributed by atoms with Crippen LogP contribution in [0.25, 0.3) is 0 Å². The van der Waals surface area contributed by atoms with E-state index < -0.39 is 5.97 Å². The number of hydrogen-bond acceptors (Lipinski definition) is 2. The van der Waals surface area contributed by atoms with Crippen LogP contribution >= 0.6 is 0 Å². The maximum atomic E-state index is 9.93. The van der Waals surface area contributed by atoms with Crippen molar-refractivity contribution < 1.29 is 14.7 Å². The van der Waals surface area contributed by atoms with Gasteiger partial charge in [0.05, 0.1) is 0 Å². The molecular weight excluding hydrogens is 132 g/mol. The Labute approximate surface area is 59.4 Å². The molecule has 0 aliphatic rings. The van der Waals surface area contributed by atoms with Gasteiger partial charge in [0.25, 0.3) is 0 Å². The monoisotopic (exact) mass is 142 g/mol. The van der Waals surface area contributed by atoms with Crippen LogP contribution in [-0.4, -0.2) is 17.4 Å². The van der Waals surface area contributed by atoms with Gasteiger partial charge in [0, 0.05) is 12.8 Å². The second kappa shape index (κ2) is 6.01. The Kier molecular flexibility index (Phi) is 5.33. The van der Waals surface area contributed by atoms with Gasteiger partial charge in [0.2, 0.25) is 0 Å². The molecule has 0 aliphatic carbocycles. The van der Waals surface area contributed by atoms with E-state index in [1.807, 2.05) is 0 Å². The smallest absolute Gasteiger partial charge is 0.303 e. The van der Waals surface area contributed by atoms with Crippen LogP contribution in [0.15, 0.2) is 12.2 Å². The number of carboxylic acids is 1. The van der Waals surface area contributed by atoms with Gasteiger partial charge >= 0.3 is 5.97 Å². The summed E-state index contributed by atoms with van der Waals surface area (Å²) in [6.45, 7) is 0. The molecule has 3 heteroatoms. The van der Waals surface area contributed by atoms with Gasteiger partial charge in [-0.15, -0.1) is 0 Å². The largest absolute Gasteiger partial charge is 0.481 e. The number of hydrogen-bond donors (Lipinski definition) is 1. The van der Waals surface area contributed by atoms with Crippen molar-refractivity contribution >= 4 is 12.3 Å². The number of allylic oxidation sites excluding steroid dienone is 2. The van der Waals surface area contributed by atoms with E-state index in [4.69, 9.17) is 5.11 Å². The lowest BCUT2D eigenvalue weighted by molar-refractivity contribution is -0.136. The molecule has 0 heterocycles. The van der Waals surface area contributed by atoms with Gasteiger partial charge in [-0.3, -0.25) is 4.79 Å². The zero-order chi connectivity index (χ0) is 7.82. The van der Waals surface area contributed by atoms with Crippen molar-refractivity contribution in [3.05, 3.63) is 12.2 Å². The Morgan fingerprint density at radius 2 is 2.10 bits per heavy atom. The van der Waals surface area contributed by atoms with Gasteiger partial charge in [-0.25, -0.2) is 0 Å². The van der Waals surface area contributed by atoms with Crippen molar-refractivity contribution in [2.45, 2.75) is 19.3 Å². The average molecular weight is 142 g/mol. The molecule has 10 heavy (non-hydrogen) atoms. The lowest BCUT2D eigenvalue weighted by atomic mass is 10.3. The van der Waals surface area contributed by atoms with Crippen LogP contribution in [0.4, 0.5) is 0 Å². The Hall–Kier alpha value is -1.12. The maximum Gasteiger partial charge on any atom is 0.303 e. The van der Waals surface area contributed by atoms with Gasteiger partial charge in [-0.1, -0.05) is 12.2 Å². The lowest BCUT2D eigenvalue weighted by Gasteiger charge is -1.84. The van der Waals surface area contributed by atoms with Crippen LogP contribution < -0.4 is 0 Å². The lowest BCUT2D eigenvalue weighted by Crippen LogP contribution is -1.91. The molecule has 0 saturated carbocycles. The summed E-state index contributed by atoms with van der Waals surface area (Å²) < 4.78 is 0. The van der Waals surface area contributed by atoms with E-state index in [2.05, 4.69) is 0 Å². The number of carboxylic acid groups (broad SMARTS) is 1. The highest BCUT2D eigenvalue weighted by Gasteiger charge is 1.90. The molecule has 0 spiro atoms. The fraction of sp³-hybridized carbons (Fsp3) is 0.429. The molecule has 0 unspecified atom stereocenters. The molecule has 0 fully saturated rings. The number of aldehydes is 1. The Morgan fingerprint density at radius 1 is 1.40 bits per heavy atom. The molecule has 1 N–H and O–H groups in total. The van der Waals surface area contributed by atoms with Gasteiger partial charge in [0.1, 0.15) is 6.29 Å². The highest BCUT2D eigenvalue weighted by Crippen LogP contribution is 1.90. The van der Waals surface area contributed by atoms with Crippen molar-refractivity contribution in [2.24, 2.45) is 0 Å². The van der Waals surface area contributed by atoms with E-state index >= 15 is 0 Å². The van der Waals surface area contributed by atoms with Crippen LogP contribution in [0, 0.1) is 0 Å². The zero-order valence-corrected chi connectivity index (χ0v) is 5.62. The second-order valence-electron chi connectivity index (χ2n) is 1.81. The Morgan fingerprint density at radius 3 is 2.60 bits per heavy atom. The van der Waals surface area contributed by atoms with E-state index in [0.29, 0.717) is 12.8 Å². The minimum atomic E-state index is -0.809. The van der Waals surface area contributed by atoms with Crippen molar-refractivity contribution in [3.8, 4) is 0 Å². The van der Waals surface area contributed by atoms with Crippen LogP contribution in [-0.2, 0) is 9.59 Å². The molecule has 0 aromatic carbocycles. The third-order valence-electron chi connectivity index (χ3n) is 0.924. The molecule has 0 saturated heterocycles. The summed E-state index contributed by atoms with van der Waals surface area (Å²) in [5, 5.41) is 8.17. The topological polar surface area (TPSA) is 54.4 Å². The summed E-state index contributed by atoms with van der Waals surface area (Å²) in [5.74, 6) is -0.809. The average Bonchev–Trinajstić information content (AvgIpc) is 1.87. The van der Waals surface area contributed by atoms with Gasteiger partial charge < -0.3 is 9.90 Å². The van der Waals surface area contributed by atoms with E-state index in [1.54, 1.807) is 12.2 Å². The molecule has 0 radical (unpaired) electrons. The van der Waals surface area contributed by atoms with E-state index in [1.165, 1.54) is 0 Å². The number of carbonyl (C=O) groups is 2.